The van der Waals surface area contributed by atoms with Crippen LogP contribution in [0.15, 0.2) is 24.7 Å². The van der Waals surface area contributed by atoms with Gasteiger partial charge in [-0.3, -0.25) is 0 Å². The van der Waals surface area contributed by atoms with Crippen LogP contribution in [0.3, 0.4) is 0 Å². The van der Waals surface area contributed by atoms with E-state index in [1.165, 1.54) is 95.7 Å². The minimum absolute atomic E-state index is 0.652. The van der Waals surface area contributed by atoms with Gasteiger partial charge in [0.1, 0.15) is 5.65 Å². The van der Waals surface area contributed by atoms with Gasteiger partial charge in [0.15, 0.2) is 0 Å². The highest BCUT2D eigenvalue weighted by Gasteiger charge is 2.40. The number of piperidine rings is 2. The first-order valence-corrected chi connectivity index (χ1v) is 11.8. The number of hydrogen-bond acceptors (Lipinski definition) is 4. The number of hydrogen-bond donors (Lipinski definition) is 0. The minimum Gasteiger partial charge on any atom is -0.370 e. The molecule has 0 aromatic carbocycles. The molecule has 3 aliphatic rings. The second kappa shape index (κ2) is 7.92. The minimum atomic E-state index is 0.652. The van der Waals surface area contributed by atoms with Crippen molar-refractivity contribution in [2.24, 2.45) is 11.3 Å². The summed E-state index contributed by atoms with van der Waals surface area (Å²) >= 11 is 0. The maximum atomic E-state index is 4.41. The fourth-order valence-corrected chi connectivity index (χ4v) is 6.02. The quantitative estimate of drug-likeness (QED) is 0.789. The highest BCUT2D eigenvalue weighted by atomic mass is 15.2. The number of rotatable bonds is 4. The van der Waals surface area contributed by atoms with Gasteiger partial charge < -0.3 is 19.1 Å². The van der Waals surface area contributed by atoms with Crippen LogP contribution in [-0.2, 0) is 0 Å². The number of aryl methyl sites for hydroxylation is 1. The van der Waals surface area contributed by atoms with Crippen molar-refractivity contribution >= 4 is 11.3 Å². The van der Waals surface area contributed by atoms with Crippen LogP contribution in [0.1, 0.15) is 44.6 Å². The van der Waals surface area contributed by atoms with Gasteiger partial charge in [0, 0.05) is 44.8 Å². The molecule has 2 aromatic rings. The molecule has 29 heavy (non-hydrogen) atoms. The summed E-state index contributed by atoms with van der Waals surface area (Å²) < 4.78 is 2.15. The number of likely N-dealkylation sites (tertiary alicyclic amines) is 2. The molecule has 0 unspecified atom stereocenters. The molecule has 0 radical (unpaired) electrons. The van der Waals surface area contributed by atoms with E-state index in [1.54, 1.807) is 0 Å². The van der Waals surface area contributed by atoms with Crippen LogP contribution in [-0.4, -0.2) is 71.5 Å². The standard InChI is InChI=1S/C24H37N5/c1-3-26-12-6-24(19-26)7-13-27(14-8-24)17-21-4-10-28(11-5-21)22-18-29-15-9-25-23(29)16-20(22)2/h9,15-16,18,21H,3-8,10-14,17,19H2,1-2H3. The zero-order valence-corrected chi connectivity index (χ0v) is 18.3. The van der Waals surface area contributed by atoms with Gasteiger partial charge in [0.25, 0.3) is 0 Å². The summed E-state index contributed by atoms with van der Waals surface area (Å²) in [6, 6.07) is 2.22. The predicted octanol–water partition coefficient (Wildman–Crippen LogP) is 3.67. The Morgan fingerprint density at radius 1 is 1.03 bits per heavy atom. The lowest BCUT2D eigenvalue weighted by Gasteiger charge is -2.42. The Kier molecular flexibility index (Phi) is 5.29. The smallest absolute Gasteiger partial charge is 0.137 e. The highest BCUT2D eigenvalue weighted by molar-refractivity contribution is 5.58. The zero-order chi connectivity index (χ0) is 19.8. The Hall–Kier alpha value is -1.59. The largest absolute Gasteiger partial charge is 0.370 e. The van der Waals surface area contributed by atoms with E-state index >= 15 is 0 Å². The second-order valence-corrected chi connectivity index (χ2v) is 9.88. The van der Waals surface area contributed by atoms with Crippen LogP contribution < -0.4 is 4.90 Å². The third-order valence-electron chi connectivity index (χ3n) is 8.06. The van der Waals surface area contributed by atoms with Gasteiger partial charge in [-0.2, -0.15) is 0 Å². The zero-order valence-electron chi connectivity index (χ0n) is 18.3. The van der Waals surface area contributed by atoms with Gasteiger partial charge >= 0.3 is 0 Å². The van der Waals surface area contributed by atoms with Crippen molar-refractivity contribution in [2.75, 3.05) is 57.3 Å². The number of anilines is 1. The third kappa shape index (κ3) is 3.91. The molecule has 2 aromatic heterocycles. The normalized spacial score (nSPS) is 24.1. The van der Waals surface area contributed by atoms with Crippen molar-refractivity contribution in [3.8, 4) is 0 Å². The van der Waals surface area contributed by atoms with Crippen LogP contribution in [0.4, 0.5) is 5.69 Å². The monoisotopic (exact) mass is 395 g/mol. The Morgan fingerprint density at radius 2 is 1.76 bits per heavy atom. The maximum absolute atomic E-state index is 4.41. The lowest BCUT2D eigenvalue weighted by molar-refractivity contribution is 0.0921. The first-order chi connectivity index (χ1) is 14.1. The molecule has 3 fully saturated rings. The van der Waals surface area contributed by atoms with Crippen LogP contribution in [0.25, 0.3) is 5.65 Å². The molecule has 0 atom stereocenters. The van der Waals surface area contributed by atoms with E-state index in [2.05, 4.69) is 56.4 Å². The molecule has 158 valence electrons. The summed E-state index contributed by atoms with van der Waals surface area (Å²) in [5.74, 6) is 0.869. The van der Waals surface area contributed by atoms with Crippen molar-refractivity contribution in [1.29, 1.82) is 0 Å². The van der Waals surface area contributed by atoms with Crippen LogP contribution in [0.2, 0.25) is 0 Å². The molecular weight excluding hydrogens is 358 g/mol. The topological polar surface area (TPSA) is 27.0 Å². The molecule has 3 aliphatic heterocycles. The van der Waals surface area contributed by atoms with E-state index in [0.717, 1.165) is 11.6 Å². The van der Waals surface area contributed by atoms with Gasteiger partial charge in [0.05, 0.1) is 5.69 Å². The summed E-state index contributed by atoms with van der Waals surface area (Å²) in [7, 11) is 0. The molecule has 0 aliphatic carbocycles. The van der Waals surface area contributed by atoms with E-state index in [1.807, 2.05) is 6.20 Å². The second-order valence-electron chi connectivity index (χ2n) is 9.88. The van der Waals surface area contributed by atoms with E-state index in [9.17, 15) is 0 Å². The van der Waals surface area contributed by atoms with E-state index in [-0.39, 0.29) is 0 Å². The van der Waals surface area contributed by atoms with Crippen molar-refractivity contribution in [3.63, 3.8) is 0 Å². The van der Waals surface area contributed by atoms with Crippen molar-refractivity contribution in [2.45, 2.75) is 46.0 Å². The van der Waals surface area contributed by atoms with Crippen molar-refractivity contribution in [3.05, 3.63) is 30.2 Å². The average molecular weight is 396 g/mol. The molecule has 0 saturated carbocycles. The highest BCUT2D eigenvalue weighted by Crippen LogP contribution is 2.40. The molecule has 5 nitrogen and oxygen atoms in total. The SMILES string of the molecule is CCN1CCC2(CCN(CC3CCN(c4cn5ccnc5cc4C)CC3)CC2)C1. The summed E-state index contributed by atoms with van der Waals surface area (Å²) in [5.41, 5.74) is 4.43. The first kappa shape index (κ1) is 19.4. The van der Waals surface area contributed by atoms with Crippen LogP contribution in [0.5, 0.6) is 0 Å². The molecule has 0 N–H and O–H groups in total. The molecule has 1 spiro atoms. The van der Waals surface area contributed by atoms with Gasteiger partial charge in [-0.05, 0) is 88.2 Å². The molecule has 3 saturated heterocycles. The average Bonchev–Trinajstić information content (AvgIpc) is 3.36. The van der Waals surface area contributed by atoms with Gasteiger partial charge in [-0.25, -0.2) is 4.98 Å². The fourth-order valence-electron chi connectivity index (χ4n) is 6.02. The van der Waals surface area contributed by atoms with Crippen LogP contribution >= 0.6 is 0 Å². The summed E-state index contributed by atoms with van der Waals surface area (Å²) in [5, 5.41) is 0. The lowest BCUT2D eigenvalue weighted by atomic mass is 9.77. The Morgan fingerprint density at radius 3 is 2.45 bits per heavy atom. The molecule has 5 heterocycles. The number of aromatic nitrogens is 2. The molecule has 0 bridgehead atoms. The molecule has 5 heteroatoms. The molecule has 5 rings (SSSR count). The third-order valence-corrected chi connectivity index (χ3v) is 8.06. The summed E-state index contributed by atoms with van der Waals surface area (Å²) in [6.45, 7) is 14.8. The number of fused-ring (bicyclic) bond motifs is 1. The fraction of sp³-hybridized carbons (Fsp3) is 0.708. The van der Waals surface area contributed by atoms with Crippen molar-refractivity contribution in [1.82, 2.24) is 19.2 Å². The Labute approximate surface area is 175 Å². The number of pyridine rings is 1. The Balaban J connectivity index is 1.12. The lowest BCUT2D eigenvalue weighted by Crippen LogP contribution is -2.45. The maximum Gasteiger partial charge on any atom is 0.137 e. The van der Waals surface area contributed by atoms with E-state index in [4.69, 9.17) is 0 Å². The van der Waals surface area contributed by atoms with Crippen LogP contribution in [0, 0.1) is 18.3 Å². The predicted molar refractivity (Wildman–Crippen MR) is 120 cm³/mol. The van der Waals surface area contributed by atoms with E-state index in [0.29, 0.717) is 5.41 Å². The molecule has 0 amide bonds. The van der Waals surface area contributed by atoms with E-state index < -0.39 is 0 Å². The summed E-state index contributed by atoms with van der Waals surface area (Å²) in [6.07, 6.45) is 13.1. The molecular formula is C24H37N5. The van der Waals surface area contributed by atoms with Gasteiger partial charge in [-0.1, -0.05) is 6.92 Å². The number of nitrogens with zero attached hydrogens (tertiary/aromatic N) is 5. The summed E-state index contributed by atoms with van der Waals surface area (Å²) in [4.78, 5) is 12.4. The Bertz CT molecular complexity index is 827. The van der Waals surface area contributed by atoms with Crippen molar-refractivity contribution < 1.29 is 0 Å². The number of imidazole rings is 1. The van der Waals surface area contributed by atoms with Gasteiger partial charge in [-0.15, -0.1) is 0 Å². The van der Waals surface area contributed by atoms with Gasteiger partial charge in [0.2, 0.25) is 0 Å². The first-order valence-electron chi connectivity index (χ1n) is 11.8.